The minimum atomic E-state index is -0.885. The Morgan fingerprint density at radius 1 is 1.50 bits per heavy atom. The zero-order chi connectivity index (χ0) is 12.3. The lowest BCUT2D eigenvalue weighted by Gasteiger charge is -2.20. The SMILES string of the molecule is Cc1ccc(OCC(C)(C)C(=O)O)c(Br)c1. The van der Waals surface area contributed by atoms with Crippen molar-refractivity contribution >= 4 is 21.9 Å². The first kappa shape index (κ1) is 13.0. The summed E-state index contributed by atoms with van der Waals surface area (Å²) in [5, 5.41) is 8.94. The van der Waals surface area contributed by atoms with Crippen LogP contribution in [-0.2, 0) is 4.79 Å². The molecule has 88 valence electrons. The van der Waals surface area contributed by atoms with Gasteiger partial charge < -0.3 is 9.84 Å². The molecule has 1 N–H and O–H groups in total. The zero-order valence-electron chi connectivity index (χ0n) is 9.58. The summed E-state index contributed by atoms with van der Waals surface area (Å²) in [6, 6.07) is 5.69. The van der Waals surface area contributed by atoms with Gasteiger partial charge >= 0.3 is 5.97 Å². The van der Waals surface area contributed by atoms with Gasteiger partial charge in [-0.25, -0.2) is 0 Å². The number of hydrogen-bond acceptors (Lipinski definition) is 2. The third-order valence-electron chi connectivity index (χ3n) is 2.25. The second-order valence-corrected chi connectivity index (χ2v) is 5.27. The summed E-state index contributed by atoms with van der Waals surface area (Å²) in [6.07, 6.45) is 0. The number of halogens is 1. The average molecular weight is 287 g/mol. The number of aliphatic carboxylic acids is 1. The van der Waals surface area contributed by atoms with E-state index in [4.69, 9.17) is 9.84 Å². The summed E-state index contributed by atoms with van der Waals surface area (Å²) >= 11 is 3.38. The van der Waals surface area contributed by atoms with Crippen LogP contribution < -0.4 is 4.74 Å². The second kappa shape index (κ2) is 4.87. The van der Waals surface area contributed by atoms with Crippen molar-refractivity contribution in [1.29, 1.82) is 0 Å². The highest BCUT2D eigenvalue weighted by atomic mass is 79.9. The molecule has 0 radical (unpaired) electrons. The molecule has 1 rings (SSSR count). The van der Waals surface area contributed by atoms with E-state index in [1.54, 1.807) is 13.8 Å². The molecule has 0 saturated carbocycles. The van der Waals surface area contributed by atoms with Crippen molar-refractivity contribution in [3.05, 3.63) is 28.2 Å². The van der Waals surface area contributed by atoms with Crippen LogP contribution in [0, 0.1) is 12.3 Å². The Balaban J connectivity index is 2.72. The number of carboxylic acid groups (broad SMARTS) is 1. The van der Waals surface area contributed by atoms with Gasteiger partial charge in [0.05, 0.1) is 9.89 Å². The average Bonchev–Trinajstić information content (AvgIpc) is 2.16. The van der Waals surface area contributed by atoms with E-state index in [2.05, 4.69) is 15.9 Å². The molecule has 1 aromatic rings. The van der Waals surface area contributed by atoms with E-state index < -0.39 is 11.4 Å². The third-order valence-corrected chi connectivity index (χ3v) is 2.87. The quantitative estimate of drug-likeness (QED) is 0.924. The van der Waals surface area contributed by atoms with Gasteiger partial charge in [-0.05, 0) is 54.4 Å². The Labute approximate surface area is 104 Å². The summed E-state index contributed by atoms with van der Waals surface area (Å²) in [6.45, 7) is 5.40. The topological polar surface area (TPSA) is 46.5 Å². The van der Waals surface area contributed by atoms with Gasteiger partial charge in [0, 0.05) is 0 Å². The lowest BCUT2D eigenvalue weighted by Crippen LogP contribution is -2.30. The van der Waals surface area contributed by atoms with E-state index in [1.807, 2.05) is 25.1 Å². The van der Waals surface area contributed by atoms with Crippen LogP contribution >= 0.6 is 15.9 Å². The maximum Gasteiger partial charge on any atom is 0.312 e. The summed E-state index contributed by atoms with van der Waals surface area (Å²) < 4.78 is 6.33. The van der Waals surface area contributed by atoms with Gasteiger partial charge in [0.25, 0.3) is 0 Å². The molecule has 0 fully saturated rings. The van der Waals surface area contributed by atoms with Gasteiger partial charge in [-0.1, -0.05) is 6.07 Å². The highest BCUT2D eigenvalue weighted by Crippen LogP contribution is 2.27. The maximum absolute atomic E-state index is 10.9. The van der Waals surface area contributed by atoms with Crippen LogP contribution in [-0.4, -0.2) is 17.7 Å². The molecule has 0 aromatic heterocycles. The predicted molar refractivity (Wildman–Crippen MR) is 65.8 cm³/mol. The Bertz CT molecular complexity index is 399. The van der Waals surface area contributed by atoms with Crippen LogP contribution in [0.1, 0.15) is 19.4 Å². The molecule has 0 amide bonds. The molecule has 1 aromatic carbocycles. The minimum absolute atomic E-state index is 0.143. The first-order chi connectivity index (χ1) is 7.33. The molecular formula is C12H15BrO3. The monoisotopic (exact) mass is 286 g/mol. The van der Waals surface area contributed by atoms with Gasteiger partial charge in [0.1, 0.15) is 12.4 Å². The molecule has 0 saturated heterocycles. The van der Waals surface area contributed by atoms with E-state index in [-0.39, 0.29) is 6.61 Å². The number of benzene rings is 1. The van der Waals surface area contributed by atoms with Gasteiger partial charge in [0.2, 0.25) is 0 Å². The first-order valence-electron chi connectivity index (χ1n) is 4.95. The molecule has 0 aliphatic heterocycles. The molecule has 0 heterocycles. The molecule has 16 heavy (non-hydrogen) atoms. The minimum Gasteiger partial charge on any atom is -0.491 e. The van der Waals surface area contributed by atoms with Crippen LogP contribution in [0.2, 0.25) is 0 Å². The smallest absolute Gasteiger partial charge is 0.312 e. The molecule has 0 atom stereocenters. The maximum atomic E-state index is 10.9. The van der Waals surface area contributed by atoms with Crippen molar-refractivity contribution in [2.24, 2.45) is 5.41 Å². The molecule has 4 heteroatoms. The van der Waals surface area contributed by atoms with E-state index in [9.17, 15) is 4.79 Å². The second-order valence-electron chi connectivity index (χ2n) is 4.41. The van der Waals surface area contributed by atoms with Gasteiger partial charge in [-0.3, -0.25) is 4.79 Å². The number of carbonyl (C=O) groups is 1. The molecule has 0 aliphatic carbocycles. The van der Waals surface area contributed by atoms with Crippen LogP contribution in [0.3, 0.4) is 0 Å². The van der Waals surface area contributed by atoms with Crippen molar-refractivity contribution in [2.75, 3.05) is 6.61 Å². The first-order valence-corrected chi connectivity index (χ1v) is 5.74. The van der Waals surface area contributed by atoms with Gasteiger partial charge in [-0.15, -0.1) is 0 Å². The summed E-state index contributed by atoms with van der Waals surface area (Å²) in [5.41, 5.74) is 0.237. The highest BCUT2D eigenvalue weighted by Gasteiger charge is 2.28. The fraction of sp³-hybridized carbons (Fsp3) is 0.417. The van der Waals surface area contributed by atoms with Crippen molar-refractivity contribution in [1.82, 2.24) is 0 Å². The number of hydrogen-bond donors (Lipinski definition) is 1. The van der Waals surface area contributed by atoms with E-state index in [1.165, 1.54) is 0 Å². The largest absolute Gasteiger partial charge is 0.491 e. The fourth-order valence-corrected chi connectivity index (χ4v) is 1.65. The van der Waals surface area contributed by atoms with E-state index in [0.29, 0.717) is 5.75 Å². The number of ether oxygens (including phenoxy) is 1. The Morgan fingerprint density at radius 3 is 2.62 bits per heavy atom. The van der Waals surface area contributed by atoms with Crippen LogP contribution in [0.25, 0.3) is 0 Å². The summed E-state index contributed by atoms with van der Waals surface area (Å²) in [7, 11) is 0. The normalized spacial score (nSPS) is 11.2. The van der Waals surface area contributed by atoms with Gasteiger partial charge in [0.15, 0.2) is 0 Å². The number of carboxylic acids is 1. The van der Waals surface area contributed by atoms with E-state index in [0.717, 1.165) is 10.0 Å². The van der Waals surface area contributed by atoms with Crippen molar-refractivity contribution in [3.63, 3.8) is 0 Å². The van der Waals surface area contributed by atoms with Crippen LogP contribution in [0.4, 0.5) is 0 Å². The van der Waals surface area contributed by atoms with Crippen molar-refractivity contribution < 1.29 is 14.6 Å². The standard InChI is InChI=1S/C12H15BrO3/c1-8-4-5-10(9(13)6-8)16-7-12(2,3)11(14)15/h4-6H,7H2,1-3H3,(H,14,15). The Morgan fingerprint density at radius 2 is 2.12 bits per heavy atom. The summed E-state index contributed by atoms with van der Waals surface area (Å²) in [4.78, 5) is 10.9. The Kier molecular flexibility index (Phi) is 3.97. The third kappa shape index (κ3) is 3.23. The van der Waals surface area contributed by atoms with Gasteiger partial charge in [-0.2, -0.15) is 0 Å². The molecule has 0 unspecified atom stereocenters. The van der Waals surface area contributed by atoms with Crippen LogP contribution in [0.15, 0.2) is 22.7 Å². The Hall–Kier alpha value is -1.03. The molecule has 0 spiro atoms. The molecule has 0 aliphatic rings. The lowest BCUT2D eigenvalue weighted by molar-refractivity contribution is -0.148. The number of rotatable bonds is 4. The van der Waals surface area contributed by atoms with Crippen molar-refractivity contribution in [2.45, 2.75) is 20.8 Å². The van der Waals surface area contributed by atoms with Crippen molar-refractivity contribution in [3.8, 4) is 5.75 Å². The zero-order valence-corrected chi connectivity index (χ0v) is 11.2. The molecule has 0 bridgehead atoms. The number of aryl methyl sites for hydroxylation is 1. The summed E-state index contributed by atoms with van der Waals surface area (Å²) in [5.74, 6) is -0.198. The fourth-order valence-electron chi connectivity index (χ4n) is 1.04. The van der Waals surface area contributed by atoms with Crippen LogP contribution in [0.5, 0.6) is 5.75 Å². The molecular weight excluding hydrogens is 272 g/mol. The highest BCUT2D eigenvalue weighted by molar-refractivity contribution is 9.10. The molecule has 3 nitrogen and oxygen atoms in total. The predicted octanol–water partition coefficient (Wildman–Crippen LogP) is 3.25. The lowest BCUT2D eigenvalue weighted by atomic mass is 9.95. The van der Waals surface area contributed by atoms with E-state index >= 15 is 0 Å².